The summed E-state index contributed by atoms with van der Waals surface area (Å²) in [6, 6.07) is 15.4. The van der Waals surface area contributed by atoms with E-state index < -0.39 is 6.61 Å². The number of ether oxygens (including phenoxy) is 1. The monoisotopic (exact) mass is 401 g/mol. The lowest BCUT2D eigenvalue weighted by molar-refractivity contribution is -0.113. The number of benzene rings is 2. The van der Waals surface area contributed by atoms with Crippen LogP contribution >= 0.6 is 11.8 Å². The molecule has 0 spiro atoms. The van der Waals surface area contributed by atoms with Gasteiger partial charge in [0, 0.05) is 17.4 Å². The number of amides is 1. The van der Waals surface area contributed by atoms with Crippen LogP contribution in [0.1, 0.15) is 5.56 Å². The van der Waals surface area contributed by atoms with E-state index in [4.69, 9.17) is 0 Å². The molecule has 3 aromatic rings. The molecule has 3 rings (SSSR count). The molecule has 28 heavy (non-hydrogen) atoms. The van der Waals surface area contributed by atoms with Gasteiger partial charge in [-0.2, -0.15) is 8.78 Å². The van der Waals surface area contributed by atoms with E-state index in [9.17, 15) is 13.6 Å². The second kappa shape index (κ2) is 9.27. The van der Waals surface area contributed by atoms with Crippen LogP contribution in [0.3, 0.4) is 0 Å². The van der Waals surface area contributed by atoms with Crippen LogP contribution in [0.15, 0.2) is 66.0 Å². The Morgan fingerprint density at radius 1 is 1.18 bits per heavy atom. The summed E-state index contributed by atoms with van der Waals surface area (Å²) in [5.74, 6) is 0.0271. The topological polar surface area (TPSA) is 64.1 Å². The molecule has 8 heteroatoms. The number of aryl methyl sites for hydroxylation is 1. The number of carbonyl (C=O) groups is 1. The maximum absolute atomic E-state index is 12.4. The minimum absolute atomic E-state index is 0.0535. The fourth-order valence-corrected chi connectivity index (χ4v) is 3.00. The third kappa shape index (κ3) is 5.75. The van der Waals surface area contributed by atoms with E-state index in [1.807, 2.05) is 31.2 Å². The Morgan fingerprint density at radius 3 is 2.71 bits per heavy atom. The first-order valence-electron chi connectivity index (χ1n) is 8.37. The molecule has 0 aliphatic rings. The van der Waals surface area contributed by atoms with Crippen LogP contribution in [-0.2, 0) is 4.79 Å². The predicted molar refractivity (Wildman–Crippen MR) is 105 cm³/mol. The molecule has 144 valence electrons. The lowest BCUT2D eigenvalue weighted by Crippen LogP contribution is -2.14. The summed E-state index contributed by atoms with van der Waals surface area (Å²) in [4.78, 5) is 20.6. The molecule has 2 aromatic carbocycles. The Hall–Kier alpha value is -3.00. The SMILES string of the molecule is Cc1ccc(NC(=O)CSc2nccc(-c3cccc(OC(F)F)c3)n2)cc1. The van der Waals surface area contributed by atoms with Crippen LogP contribution in [0.5, 0.6) is 5.75 Å². The van der Waals surface area contributed by atoms with Crippen molar-refractivity contribution in [1.82, 2.24) is 9.97 Å². The minimum Gasteiger partial charge on any atom is -0.435 e. The molecule has 0 aliphatic carbocycles. The second-order valence-corrected chi connectivity index (χ2v) is 6.78. The summed E-state index contributed by atoms with van der Waals surface area (Å²) in [6.07, 6.45) is 1.56. The van der Waals surface area contributed by atoms with Gasteiger partial charge in [0.1, 0.15) is 5.75 Å². The standard InChI is InChI=1S/C20H17F2N3O2S/c1-13-5-7-15(8-6-13)24-18(26)12-28-20-23-10-9-17(25-20)14-3-2-4-16(11-14)27-19(21)22/h2-11,19H,12H2,1H3,(H,24,26). The molecule has 0 atom stereocenters. The van der Waals surface area contributed by atoms with Gasteiger partial charge in [-0.25, -0.2) is 9.97 Å². The highest BCUT2D eigenvalue weighted by molar-refractivity contribution is 7.99. The van der Waals surface area contributed by atoms with Crippen LogP contribution in [0, 0.1) is 6.92 Å². The maximum atomic E-state index is 12.4. The molecule has 0 radical (unpaired) electrons. The van der Waals surface area contributed by atoms with Crippen molar-refractivity contribution in [2.75, 3.05) is 11.1 Å². The van der Waals surface area contributed by atoms with Gasteiger partial charge in [-0.15, -0.1) is 0 Å². The summed E-state index contributed by atoms with van der Waals surface area (Å²) in [7, 11) is 0. The van der Waals surface area contributed by atoms with Crippen molar-refractivity contribution in [3.05, 3.63) is 66.4 Å². The molecule has 0 saturated carbocycles. The highest BCUT2D eigenvalue weighted by atomic mass is 32.2. The van der Waals surface area contributed by atoms with E-state index in [0.717, 1.165) is 11.3 Å². The fraction of sp³-hybridized carbons (Fsp3) is 0.150. The van der Waals surface area contributed by atoms with E-state index >= 15 is 0 Å². The highest BCUT2D eigenvalue weighted by Crippen LogP contribution is 2.25. The lowest BCUT2D eigenvalue weighted by atomic mass is 10.1. The maximum Gasteiger partial charge on any atom is 0.387 e. The molecule has 0 bridgehead atoms. The van der Waals surface area contributed by atoms with E-state index in [2.05, 4.69) is 20.0 Å². The number of hydrogen-bond donors (Lipinski definition) is 1. The highest BCUT2D eigenvalue weighted by Gasteiger charge is 2.09. The molecule has 0 saturated heterocycles. The molecule has 0 unspecified atom stereocenters. The van der Waals surface area contributed by atoms with Crippen LogP contribution in [-0.4, -0.2) is 28.2 Å². The van der Waals surface area contributed by atoms with Gasteiger partial charge in [0.25, 0.3) is 0 Å². The van der Waals surface area contributed by atoms with Gasteiger partial charge < -0.3 is 10.1 Å². The van der Waals surface area contributed by atoms with Crippen molar-refractivity contribution in [1.29, 1.82) is 0 Å². The predicted octanol–water partition coefficient (Wildman–Crippen LogP) is 4.78. The van der Waals surface area contributed by atoms with Crippen molar-refractivity contribution in [2.45, 2.75) is 18.7 Å². The smallest absolute Gasteiger partial charge is 0.387 e. The number of hydrogen-bond acceptors (Lipinski definition) is 5. The van der Waals surface area contributed by atoms with E-state index in [1.54, 1.807) is 24.4 Å². The summed E-state index contributed by atoms with van der Waals surface area (Å²) in [5.41, 5.74) is 3.00. The van der Waals surface area contributed by atoms with Crippen molar-refractivity contribution < 1.29 is 18.3 Å². The van der Waals surface area contributed by atoms with Crippen LogP contribution in [0.4, 0.5) is 14.5 Å². The van der Waals surface area contributed by atoms with Crippen LogP contribution in [0.25, 0.3) is 11.3 Å². The Morgan fingerprint density at radius 2 is 1.96 bits per heavy atom. The first kappa shape index (κ1) is 19.8. The Labute approximate surface area is 165 Å². The van der Waals surface area contributed by atoms with Crippen LogP contribution in [0.2, 0.25) is 0 Å². The molecular formula is C20H17F2N3O2S. The quantitative estimate of drug-likeness (QED) is 0.456. The van der Waals surface area contributed by atoms with Gasteiger partial charge in [0.15, 0.2) is 5.16 Å². The molecular weight excluding hydrogens is 384 g/mol. The first-order chi connectivity index (χ1) is 13.5. The van der Waals surface area contributed by atoms with E-state index in [1.165, 1.54) is 23.9 Å². The zero-order chi connectivity index (χ0) is 19.9. The fourth-order valence-electron chi connectivity index (χ4n) is 2.37. The molecule has 1 amide bonds. The Balaban J connectivity index is 1.63. The normalized spacial score (nSPS) is 10.7. The van der Waals surface area contributed by atoms with Crippen molar-refractivity contribution in [2.24, 2.45) is 0 Å². The molecule has 0 fully saturated rings. The average Bonchev–Trinajstić information content (AvgIpc) is 2.68. The Kier molecular flexibility index (Phi) is 6.54. The first-order valence-corrected chi connectivity index (χ1v) is 9.36. The molecule has 1 heterocycles. The van der Waals surface area contributed by atoms with Crippen molar-refractivity contribution in [3.63, 3.8) is 0 Å². The third-order valence-electron chi connectivity index (χ3n) is 3.66. The molecule has 1 N–H and O–H groups in total. The number of rotatable bonds is 7. The van der Waals surface area contributed by atoms with Crippen LogP contribution < -0.4 is 10.1 Å². The number of carbonyl (C=O) groups excluding carboxylic acids is 1. The summed E-state index contributed by atoms with van der Waals surface area (Å²) >= 11 is 1.19. The number of thioether (sulfide) groups is 1. The summed E-state index contributed by atoms with van der Waals surface area (Å²) in [6.45, 7) is -0.917. The van der Waals surface area contributed by atoms with Gasteiger partial charge in [0.2, 0.25) is 5.91 Å². The van der Waals surface area contributed by atoms with E-state index in [-0.39, 0.29) is 17.4 Å². The van der Waals surface area contributed by atoms with Gasteiger partial charge in [-0.05, 0) is 37.3 Å². The molecule has 5 nitrogen and oxygen atoms in total. The van der Waals surface area contributed by atoms with Gasteiger partial charge in [0.05, 0.1) is 11.4 Å². The number of anilines is 1. The number of nitrogens with zero attached hydrogens (tertiary/aromatic N) is 2. The molecule has 1 aromatic heterocycles. The van der Waals surface area contributed by atoms with Crippen molar-refractivity contribution in [3.8, 4) is 17.0 Å². The number of alkyl halides is 2. The number of halogens is 2. The van der Waals surface area contributed by atoms with Gasteiger partial charge in [-0.1, -0.05) is 41.6 Å². The minimum atomic E-state index is -2.89. The molecule has 0 aliphatic heterocycles. The van der Waals surface area contributed by atoms with E-state index in [0.29, 0.717) is 16.4 Å². The average molecular weight is 401 g/mol. The van der Waals surface area contributed by atoms with Gasteiger partial charge >= 0.3 is 6.61 Å². The second-order valence-electron chi connectivity index (χ2n) is 5.83. The summed E-state index contributed by atoms with van der Waals surface area (Å²) < 4.78 is 29.2. The third-order valence-corrected chi connectivity index (χ3v) is 4.52. The number of aromatic nitrogens is 2. The largest absolute Gasteiger partial charge is 0.435 e. The Bertz CT molecular complexity index is 952. The zero-order valence-corrected chi connectivity index (χ0v) is 15.7. The lowest BCUT2D eigenvalue weighted by Gasteiger charge is -2.08. The summed E-state index contributed by atoms with van der Waals surface area (Å²) in [5, 5.41) is 3.22. The van der Waals surface area contributed by atoms with Crippen molar-refractivity contribution >= 4 is 23.4 Å². The number of nitrogens with one attached hydrogen (secondary N) is 1. The van der Waals surface area contributed by atoms with Gasteiger partial charge in [-0.3, -0.25) is 4.79 Å². The zero-order valence-electron chi connectivity index (χ0n) is 14.9.